The first-order valence-corrected chi connectivity index (χ1v) is 8.53. The number of nitrogens with zero attached hydrogens (tertiary/aromatic N) is 2. The van der Waals surface area contributed by atoms with Crippen LogP contribution in [0.2, 0.25) is 0 Å². The molecule has 130 valence electrons. The van der Waals surface area contributed by atoms with Crippen molar-refractivity contribution >= 4 is 30.7 Å². The third kappa shape index (κ3) is 4.73. The highest BCUT2D eigenvalue weighted by atomic mass is 35.5. The fraction of sp³-hybridized carbons (Fsp3) is 0.938. The minimum atomic E-state index is 0. The molecule has 1 N–H and O–H groups in total. The van der Waals surface area contributed by atoms with E-state index in [2.05, 4.69) is 22.0 Å². The summed E-state index contributed by atoms with van der Waals surface area (Å²) in [6.45, 7) is 6.19. The summed E-state index contributed by atoms with van der Waals surface area (Å²) in [4.78, 5) is 17.3. The maximum absolute atomic E-state index is 12.8. The quantitative estimate of drug-likeness (QED) is 0.829. The van der Waals surface area contributed by atoms with Gasteiger partial charge < -0.3 is 10.2 Å². The molecule has 0 aromatic carbocycles. The Labute approximate surface area is 147 Å². The van der Waals surface area contributed by atoms with Crippen LogP contribution in [-0.2, 0) is 4.79 Å². The van der Waals surface area contributed by atoms with Crippen molar-refractivity contribution in [3.8, 4) is 0 Å². The Morgan fingerprint density at radius 1 is 0.955 bits per heavy atom. The van der Waals surface area contributed by atoms with Crippen LogP contribution in [0.1, 0.15) is 51.9 Å². The Morgan fingerprint density at radius 2 is 1.59 bits per heavy atom. The number of carbonyl (C=O) groups is 1. The molecule has 0 aliphatic carbocycles. The van der Waals surface area contributed by atoms with Crippen molar-refractivity contribution in [2.45, 2.75) is 70.0 Å². The molecule has 0 saturated carbocycles. The zero-order chi connectivity index (χ0) is 13.9. The van der Waals surface area contributed by atoms with Gasteiger partial charge in [-0.05, 0) is 52.1 Å². The highest BCUT2D eigenvalue weighted by Gasteiger charge is 2.33. The zero-order valence-corrected chi connectivity index (χ0v) is 15.3. The van der Waals surface area contributed by atoms with E-state index in [1.807, 2.05) is 0 Å². The second-order valence-corrected chi connectivity index (χ2v) is 6.84. The van der Waals surface area contributed by atoms with Gasteiger partial charge in [0.1, 0.15) is 0 Å². The van der Waals surface area contributed by atoms with Crippen LogP contribution < -0.4 is 5.32 Å². The molecule has 3 saturated heterocycles. The molecule has 1 amide bonds. The van der Waals surface area contributed by atoms with Crippen LogP contribution >= 0.6 is 24.8 Å². The summed E-state index contributed by atoms with van der Waals surface area (Å²) in [5.41, 5.74) is 0. The van der Waals surface area contributed by atoms with Crippen molar-refractivity contribution in [1.29, 1.82) is 0 Å². The number of halogens is 2. The molecule has 6 heteroatoms. The van der Waals surface area contributed by atoms with Crippen LogP contribution in [-0.4, -0.2) is 60.0 Å². The van der Waals surface area contributed by atoms with Crippen molar-refractivity contribution in [3.63, 3.8) is 0 Å². The van der Waals surface area contributed by atoms with Gasteiger partial charge in [0, 0.05) is 25.2 Å². The molecular weight excluding hydrogens is 321 g/mol. The lowest BCUT2D eigenvalue weighted by atomic mass is 10.1. The standard InChI is InChI=1S/C16H29N3O.2ClH/c1-13(18-9-4-2-3-5-10-18)16(20)19-11-8-14-6-7-15(12-19)17-14;;/h13-15,17H,2-12H2,1H3;2*1H. The molecule has 0 spiro atoms. The number of hydrogen-bond donors (Lipinski definition) is 1. The zero-order valence-electron chi connectivity index (χ0n) is 13.6. The summed E-state index contributed by atoms with van der Waals surface area (Å²) >= 11 is 0. The average Bonchev–Trinajstić information content (AvgIpc) is 2.67. The molecule has 0 aromatic rings. The third-order valence-electron chi connectivity index (χ3n) is 5.38. The molecule has 3 rings (SSSR count). The van der Waals surface area contributed by atoms with Crippen LogP contribution in [0.3, 0.4) is 0 Å². The van der Waals surface area contributed by atoms with Crippen molar-refractivity contribution in [3.05, 3.63) is 0 Å². The molecule has 22 heavy (non-hydrogen) atoms. The van der Waals surface area contributed by atoms with Gasteiger partial charge in [0.05, 0.1) is 6.04 Å². The number of amides is 1. The Bertz CT molecular complexity index is 348. The SMILES string of the molecule is CC(C(=O)N1CCC2CCC(C1)N2)N1CCCCCC1.Cl.Cl. The first-order chi connectivity index (χ1) is 9.74. The summed E-state index contributed by atoms with van der Waals surface area (Å²) in [7, 11) is 0. The van der Waals surface area contributed by atoms with Crippen LogP contribution in [0.25, 0.3) is 0 Å². The van der Waals surface area contributed by atoms with Gasteiger partial charge in [-0.15, -0.1) is 24.8 Å². The second-order valence-electron chi connectivity index (χ2n) is 6.84. The van der Waals surface area contributed by atoms with Gasteiger partial charge in [-0.3, -0.25) is 9.69 Å². The number of likely N-dealkylation sites (tertiary alicyclic amines) is 2. The predicted molar refractivity (Wildman–Crippen MR) is 95.1 cm³/mol. The first kappa shape index (κ1) is 20.0. The molecule has 0 aromatic heterocycles. The molecule has 3 atom stereocenters. The first-order valence-electron chi connectivity index (χ1n) is 8.53. The van der Waals surface area contributed by atoms with Crippen molar-refractivity contribution in [2.75, 3.05) is 26.2 Å². The van der Waals surface area contributed by atoms with E-state index < -0.39 is 0 Å². The fourth-order valence-corrected chi connectivity index (χ4v) is 4.05. The normalized spacial score (nSPS) is 30.5. The van der Waals surface area contributed by atoms with E-state index in [-0.39, 0.29) is 30.9 Å². The monoisotopic (exact) mass is 351 g/mol. The lowest BCUT2D eigenvalue weighted by molar-refractivity contribution is -0.136. The number of nitrogens with one attached hydrogen (secondary N) is 1. The van der Waals surface area contributed by atoms with E-state index in [0.29, 0.717) is 18.0 Å². The van der Waals surface area contributed by atoms with Gasteiger partial charge in [-0.25, -0.2) is 0 Å². The topological polar surface area (TPSA) is 35.6 Å². The van der Waals surface area contributed by atoms with Gasteiger partial charge in [0.15, 0.2) is 0 Å². The van der Waals surface area contributed by atoms with Gasteiger partial charge in [-0.1, -0.05) is 12.8 Å². The van der Waals surface area contributed by atoms with Gasteiger partial charge in [-0.2, -0.15) is 0 Å². The maximum atomic E-state index is 12.8. The Morgan fingerprint density at radius 3 is 2.27 bits per heavy atom. The van der Waals surface area contributed by atoms with Crippen LogP contribution in [0.15, 0.2) is 0 Å². The minimum Gasteiger partial charge on any atom is -0.340 e. The molecule has 3 fully saturated rings. The van der Waals surface area contributed by atoms with Crippen LogP contribution in [0.4, 0.5) is 0 Å². The summed E-state index contributed by atoms with van der Waals surface area (Å²) in [5, 5.41) is 3.66. The maximum Gasteiger partial charge on any atom is 0.239 e. The lowest BCUT2D eigenvalue weighted by Crippen LogP contribution is -2.49. The summed E-state index contributed by atoms with van der Waals surface area (Å²) in [6.07, 6.45) is 8.84. The molecule has 3 aliphatic rings. The van der Waals surface area contributed by atoms with E-state index in [4.69, 9.17) is 0 Å². The summed E-state index contributed by atoms with van der Waals surface area (Å²) in [6, 6.07) is 1.28. The van der Waals surface area contributed by atoms with Crippen molar-refractivity contribution in [2.24, 2.45) is 0 Å². The van der Waals surface area contributed by atoms with Gasteiger partial charge >= 0.3 is 0 Å². The number of hydrogen-bond acceptors (Lipinski definition) is 3. The number of rotatable bonds is 2. The Balaban J connectivity index is 0.00000121. The van der Waals surface area contributed by atoms with E-state index in [1.54, 1.807) is 0 Å². The number of fused-ring (bicyclic) bond motifs is 2. The molecule has 3 unspecified atom stereocenters. The average molecular weight is 352 g/mol. The Kier molecular flexibility index (Phi) is 8.47. The van der Waals surface area contributed by atoms with Crippen molar-refractivity contribution in [1.82, 2.24) is 15.1 Å². The van der Waals surface area contributed by atoms with E-state index in [0.717, 1.165) is 32.6 Å². The van der Waals surface area contributed by atoms with Crippen LogP contribution in [0, 0.1) is 0 Å². The van der Waals surface area contributed by atoms with Gasteiger partial charge in [0.25, 0.3) is 0 Å². The highest BCUT2D eigenvalue weighted by molar-refractivity contribution is 5.85. The largest absolute Gasteiger partial charge is 0.340 e. The predicted octanol–water partition coefficient (Wildman–Crippen LogP) is 2.45. The van der Waals surface area contributed by atoms with Crippen LogP contribution in [0.5, 0.6) is 0 Å². The lowest BCUT2D eigenvalue weighted by Gasteiger charge is -2.32. The molecule has 4 nitrogen and oxygen atoms in total. The van der Waals surface area contributed by atoms with Crippen molar-refractivity contribution < 1.29 is 4.79 Å². The second kappa shape index (κ2) is 9.31. The van der Waals surface area contributed by atoms with Gasteiger partial charge in [0.2, 0.25) is 5.91 Å². The number of carbonyl (C=O) groups excluding carboxylic acids is 1. The third-order valence-corrected chi connectivity index (χ3v) is 5.38. The Hall–Kier alpha value is -0.0300. The molecule has 3 aliphatic heterocycles. The minimum absolute atomic E-state index is 0. The highest BCUT2D eigenvalue weighted by Crippen LogP contribution is 2.22. The molecule has 2 bridgehead atoms. The van der Waals surface area contributed by atoms with E-state index in [1.165, 1.54) is 38.5 Å². The molecule has 0 radical (unpaired) electrons. The fourth-order valence-electron chi connectivity index (χ4n) is 4.05. The van der Waals surface area contributed by atoms with E-state index >= 15 is 0 Å². The van der Waals surface area contributed by atoms with E-state index in [9.17, 15) is 4.79 Å². The smallest absolute Gasteiger partial charge is 0.239 e. The summed E-state index contributed by atoms with van der Waals surface area (Å²) < 4.78 is 0. The summed E-state index contributed by atoms with van der Waals surface area (Å²) in [5.74, 6) is 0.362. The molecular formula is C16H31Cl2N3O. The molecule has 3 heterocycles.